The van der Waals surface area contributed by atoms with E-state index in [1.807, 2.05) is 27.7 Å². The number of nitrogens with two attached hydrogens (primary N) is 1. The van der Waals surface area contributed by atoms with Crippen molar-refractivity contribution < 1.29 is 9.53 Å². The highest BCUT2D eigenvalue weighted by atomic mass is 16.6. The summed E-state index contributed by atoms with van der Waals surface area (Å²) in [4.78, 5) is 11.6. The number of hydrogen-bond donors (Lipinski definition) is 1. The molecule has 3 nitrogen and oxygen atoms in total. The molecule has 2 atom stereocenters. The number of rotatable bonds is 2. The minimum absolute atomic E-state index is 0.244. The zero-order valence-corrected chi connectivity index (χ0v) is 8.89. The van der Waals surface area contributed by atoms with E-state index in [1.54, 1.807) is 0 Å². The van der Waals surface area contributed by atoms with E-state index < -0.39 is 11.1 Å². The summed E-state index contributed by atoms with van der Waals surface area (Å²) >= 11 is 0. The van der Waals surface area contributed by atoms with Gasteiger partial charge >= 0.3 is 5.97 Å². The Morgan fingerprint density at radius 3 is 2.46 bits per heavy atom. The summed E-state index contributed by atoms with van der Waals surface area (Å²) in [5.41, 5.74) is 4.77. The Labute approximate surface area is 79.6 Å². The minimum atomic E-state index is -0.679. The van der Waals surface area contributed by atoms with Gasteiger partial charge in [0.25, 0.3) is 0 Å². The van der Waals surface area contributed by atoms with E-state index in [4.69, 9.17) is 10.5 Å². The van der Waals surface area contributed by atoms with Crippen LogP contribution in [0.5, 0.6) is 0 Å². The van der Waals surface area contributed by atoms with Crippen molar-refractivity contribution in [3.05, 3.63) is 0 Å². The molecule has 0 aromatic rings. The van der Waals surface area contributed by atoms with Crippen molar-refractivity contribution in [2.24, 2.45) is 11.7 Å². The second kappa shape index (κ2) is 2.98. The van der Waals surface area contributed by atoms with E-state index in [0.29, 0.717) is 5.92 Å². The number of carbonyl (C=O) groups excluding carboxylic acids is 1. The van der Waals surface area contributed by atoms with Gasteiger partial charge in [-0.3, -0.25) is 4.79 Å². The smallest absolute Gasteiger partial charge is 0.326 e. The first-order valence-electron chi connectivity index (χ1n) is 4.82. The van der Waals surface area contributed by atoms with Crippen molar-refractivity contribution in [2.75, 3.05) is 0 Å². The molecule has 0 bridgehead atoms. The zero-order chi connectivity index (χ0) is 10.3. The van der Waals surface area contributed by atoms with Gasteiger partial charge in [-0.15, -0.1) is 0 Å². The SMILES string of the molecule is CCC1CC1(N)C(=O)OC(C)(C)C. The first-order chi connectivity index (χ1) is 5.79. The summed E-state index contributed by atoms with van der Waals surface area (Å²) in [6, 6.07) is 0. The van der Waals surface area contributed by atoms with Gasteiger partial charge in [0.05, 0.1) is 0 Å². The Morgan fingerprint density at radius 1 is 1.62 bits per heavy atom. The van der Waals surface area contributed by atoms with Gasteiger partial charge in [-0.05, 0) is 33.1 Å². The highest BCUT2D eigenvalue weighted by Crippen LogP contribution is 2.44. The van der Waals surface area contributed by atoms with Gasteiger partial charge in [0.2, 0.25) is 0 Å². The molecule has 2 unspecified atom stereocenters. The van der Waals surface area contributed by atoms with Gasteiger partial charge in [-0.2, -0.15) is 0 Å². The highest BCUT2D eigenvalue weighted by molar-refractivity contribution is 5.85. The molecule has 0 radical (unpaired) electrons. The molecule has 1 rings (SSSR count). The Hall–Kier alpha value is -0.570. The molecule has 0 aliphatic heterocycles. The van der Waals surface area contributed by atoms with Crippen molar-refractivity contribution in [3.63, 3.8) is 0 Å². The van der Waals surface area contributed by atoms with Crippen LogP contribution in [-0.4, -0.2) is 17.1 Å². The predicted octanol–water partition coefficient (Wildman–Crippen LogP) is 1.46. The van der Waals surface area contributed by atoms with Crippen molar-refractivity contribution in [1.82, 2.24) is 0 Å². The fourth-order valence-corrected chi connectivity index (χ4v) is 1.48. The third-order valence-corrected chi connectivity index (χ3v) is 2.42. The van der Waals surface area contributed by atoms with Crippen LogP contribution >= 0.6 is 0 Å². The highest BCUT2D eigenvalue weighted by Gasteiger charge is 2.57. The van der Waals surface area contributed by atoms with Crippen molar-refractivity contribution in [1.29, 1.82) is 0 Å². The molecule has 1 aliphatic rings. The summed E-state index contributed by atoms with van der Waals surface area (Å²) in [5, 5.41) is 0. The van der Waals surface area contributed by atoms with Crippen LogP contribution in [0.25, 0.3) is 0 Å². The maximum Gasteiger partial charge on any atom is 0.326 e. The molecule has 1 saturated carbocycles. The van der Waals surface area contributed by atoms with Crippen LogP contribution < -0.4 is 5.73 Å². The first kappa shape index (κ1) is 10.5. The van der Waals surface area contributed by atoms with Crippen molar-refractivity contribution in [2.45, 2.75) is 51.7 Å². The monoisotopic (exact) mass is 185 g/mol. The molecule has 0 aromatic carbocycles. The van der Waals surface area contributed by atoms with Crippen molar-refractivity contribution >= 4 is 5.97 Å². The van der Waals surface area contributed by atoms with E-state index in [2.05, 4.69) is 0 Å². The van der Waals surface area contributed by atoms with Crippen molar-refractivity contribution in [3.8, 4) is 0 Å². The summed E-state index contributed by atoms with van der Waals surface area (Å²) in [5.74, 6) is 0.0780. The summed E-state index contributed by atoms with van der Waals surface area (Å²) in [6.45, 7) is 7.62. The summed E-state index contributed by atoms with van der Waals surface area (Å²) in [6.07, 6.45) is 1.73. The number of hydrogen-bond acceptors (Lipinski definition) is 3. The van der Waals surface area contributed by atoms with Gasteiger partial charge in [0.15, 0.2) is 0 Å². The Balaban J connectivity index is 2.51. The number of carbonyl (C=O) groups is 1. The fourth-order valence-electron chi connectivity index (χ4n) is 1.48. The molecule has 0 saturated heterocycles. The largest absolute Gasteiger partial charge is 0.459 e. The molecule has 1 fully saturated rings. The summed E-state index contributed by atoms with van der Waals surface area (Å²) in [7, 11) is 0. The third-order valence-electron chi connectivity index (χ3n) is 2.42. The number of esters is 1. The lowest BCUT2D eigenvalue weighted by Crippen LogP contribution is -2.41. The molecule has 3 heteroatoms. The van der Waals surface area contributed by atoms with Crippen LogP contribution in [0.15, 0.2) is 0 Å². The van der Waals surface area contributed by atoms with Gasteiger partial charge < -0.3 is 10.5 Å². The van der Waals surface area contributed by atoms with Gasteiger partial charge in [-0.1, -0.05) is 13.3 Å². The number of ether oxygens (including phenoxy) is 1. The normalized spacial score (nSPS) is 32.8. The van der Waals surface area contributed by atoms with Crippen LogP contribution in [0.1, 0.15) is 40.5 Å². The van der Waals surface area contributed by atoms with E-state index in [9.17, 15) is 4.79 Å². The standard InChI is InChI=1S/C10H19NO2/c1-5-7-6-10(7,11)8(12)13-9(2,3)4/h7H,5-6,11H2,1-4H3. The Morgan fingerprint density at radius 2 is 2.15 bits per heavy atom. The third kappa shape index (κ3) is 2.21. The molecule has 0 amide bonds. The minimum Gasteiger partial charge on any atom is -0.459 e. The molecule has 13 heavy (non-hydrogen) atoms. The van der Waals surface area contributed by atoms with Crippen LogP contribution in [0, 0.1) is 5.92 Å². The lowest BCUT2D eigenvalue weighted by Gasteiger charge is -2.22. The van der Waals surface area contributed by atoms with Gasteiger partial charge in [0.1, 0.15) is 11.1 Å². The maximum absolute atomic E-state index is 11.6. The lowest BCUT2D eigenvalue weighted by molar-refractivity contribution is -0.158. The zero-order valence-electron chi connectivity index (χ0n) is 8.89. The molecular weight excluding hydrogens is 166 g/mol. The molecule has 76 valence electrons. The van der Waals surface area contributed by atoms with Crippen LogP contribution in [0.3, 0.4) is 0 Å². The quantitative estimate of drug-likeness (QED) is 0.662. The molecule has 1 aliphatic carbocycles. The second-order valence-electron chi connectivity index (χ2n) is 4.85. The maximum atomic E-state index is 11.6. The molecule has 0 heterocycles. The fraction of sp³-hybridized carbons (Fsp3) is 0.900. The average molecular weight is 185 g/mol. The van der Waals surface area contributed by atoms with E-state index in [-0.39, 0.29) is 5.97 Å². The molecule has 0 spiro atoms. The molecule has 2 N–H and O–H groups in total. The van der Waals surface area contributed by atoms with Crippen LogP contribution in [0.4, 0.5) is 0 Å². The summed E-state index contributed by atoms with van der Waals surface area (Å²) < 4.78 is 5.23. The van der Waals surface area contributed by atoms with E-state index >= 15 is 0 Å². The first-order valence-corrected chi connectivity index (χ1v) is 4.82. The van der Waals surface area contributed by atoms with E-state index in [1.165, 1.54) is 0 Å². The van der Waals surface area contributed by atoms with Crippen LogP contribution in [-0.2, 0) is 9.53 Å². The average Bonchev–Trinajstić information content (AvgIpc) is 2.60. The Kier molecular flexibility index (Phi) is 2.41. The Bertz CT molecular complexity index is 219. The molecular formula is C10H19NO2. The second-order valence-corrected chi connectivity index (χ2v) is 4.85. The predicted molar refractivity (Wildman–Crippen MR) is 51.2 cm³/mol. The van der Waals surface area contributed by atoms with Gasteiger partial charge in [0, 0.05) is 0 Å². The van der Waals surface area contributed by atoms with Crippen LogP contribution in [0.2, 0.25) is 0 Å². The topological polar surface area (TPSA) is 52.3 Å². The molecule has 0 aromatic heterocycles. The van der Waals surface area contributed by atoms with Gasteiger partial charge in [-0.25, -0.2) is 0 Å². The van der Waals surface area contributed by atoms with E-state index in [0.717, 1.165) is 12.8 Å². The lowest BCUT2D eigenvalue weighted by atomic mass is 10.1.